The number of hydrogen-bond donors (Lipinski definition) is 2. The number of aromatic nitrogens is 4. The molecule has 0 aromatic carbocycles. The monoisotopic (exact) mass is 387 g/mol. The summed E-state index contributed by atoms with van der Waals surface area (Å²) in [5.41, 5.74) is -2.04. The number of cyclic esters (lactones) is 1. The van der Waals surface area contributed by atoms with E-state index in [0.717, 1.165) is 0 Å². The first-order valence-corrected chi connectivity index (χ1v) is 8.09. The lowest BCUT2D eigenvalue weighted by Gasteiger charge is -2.14. The van der Waals surface area contributed by atoms with Crippen molar-refractivity contribution in [3.63, 3.8) is 0 Å². The lowest BCUT2D eigenvalue weighted by atomic mass is 9.85. The summed E-state index contributed by atoms with van der Waals surface area (Å²) in [5, 5.41) is 9.14. The second-order valence-electron chi connectivity index (χ2n) is 6.15. The highest BCUT2D eigenvalue weighted by Gasteiger charge is 2.44. The number of rotatable bonds is 5. The molecule has 2 aromatic heterocycles. The summed E-state index contributed by atoms with van der Waals surface area (Å²) in [7, 11) is 0. The van der Waals surface area contributed by atoms with Crippen molar-refractivity contribution in [2.75, 3.05) is 23.8 Å². The van der Waals surface area contributed by atoms with E-state index in [1.807, 2.05) is 0 Å². The second kappa shape index (κ2) is 6.71. The van der Waals surface area contributed by atoms with Gasteiger partial charge in [0.15, 0.2) is 0 Å². The Morgan fingerprint density at radius 2 is 2.26 bits per heavy atom. The summed E-state index contributed by atoms with van der Waals surface area (Å²) in [6, 6.07) is 1.33. The number of nitrogens with zero attached hydrogens (tertiary/aromatic N) is 4. The molecule has 3 heterocycles. The van der Waals surface area contributed by atoms with E-state index in [1.54, 1.807) is 13.8 Å². The van der Waals surface area contributed by atoms with E-state index in [4.69, 9.17) is 8.85 Å². The quantitative estimate of drug-likeness (QED) is 0.762. The van der Waals surface area contributed by atoms with Gasteiger partial charge in [-0.05, 0) is 13.8 Å². The molecular weight excluding hydrogens is 365 g/mol. The van der Waals surface area contributed by atoms with E-state index in [-0.39, 0.29) is 30.6 Å². The molecule has 8 nitrogen and oxygen atoms in total. The largest absolute Gasteiger partial charge is 0.465 e. The standard InChI is InChI=1S/C16H19F3N6O2/c1-4-20-12-9(16(17,18)19)8-21-14(23-12)22-11-7-10(24-25(11)3)15(2)5-6-27-13(15)26/h7-8H,4-6H2,1-3H3,(H2,20,21,22,23)/i3D3. The average Bonchev–Trinajstić information content (AvgIpc) is 3.19. The maximum absolute atomic E-state index is 13.1. The Morgan fingerprint density at radius 1 is 1.48 bits per heavy atom. The number of ether oxygens (including phenoxy) is 1. The Morgan fingerprint density at radius 3 is 2.85 bits per heavy atom. The first kappa shape index (κ1) is 15.2. The highest BCUT2D eigenvalue weighted by molar-refractivity contribution is 5.84. The predicted molar refractivity (Wildman–Crippen MR) is 90.6 cm³/mol. The van der Waals surface area contributed by atoms with Gasteiger partial charge in [0.05, 0.1) is 12.3 Å². The minimum absolute atomic E-state index is 0.104. The van der Waals surface area contributed by atoms with E-state index in [1.165, 1.54) is 6.07 Å². The average molecular weight is 387 g/mol. The molecular formula is C16H19F3N6O2. The van der Waals surface area contributed by atoms with Crippen molar-refractivity contribution in [3.8, 4) is 0 Å². The Balaban J connectivity index is 2.02. The van der Waals surface area contributed by atoms with E-state index in [0.29, 0.717) is 17.3 Å². The van der Waals surface area contributed by atoms with Gasteiger partial charge in [-0.25, -0.2) is 4.98 Å². The molecule has 1 atom stereocenters. The van der Waals surface area contributed by atoms with Crippen molar-refractivity contribution in [3.05, 3.63) is 23.5 Å². The Kier molecular flexibility index (Phi) is 3.78. The molecule has 1 saturated heterocycles. The van der Waals surface area contributed by atoms with Crippen LogP contribution in [0.5, 0.6) is 0 Å². The molecule has 1 fully saturated rings. The normalized spacial score (nSPS) is 22.0. The summed E-state index contributed by atoms with van der Waals surface area (Å²) in [4.78, 5) is 19.6. The number of nitrogens with one attached hydrogen (secondary N) is 2. The first-order valence-electron chi connectivity index (χ1n) is 9.59. The molecule has 0 amide bonds. The summed E-state index contributed by atoms with van der Waals surface area (Å²) in [6.07, 6.45) is -3.76. The van der Waals surface area contributed by atoms with Crippen LogP contribution < -0.4 is 10.6 Å². The number of hydrogen-bond acceptors (Lipinski definition) is 7. The number of anilines is 3. The summed E-state index contributed by atoms with van der Waals surface area (Å²) < 4.78 is 68.1. The molecule has 1 unspecified atom stereocenters. The number of carbonyl (C=O) groups excluding carboxylic acids is 1. The van der Waals surface area contributed by atoms with Crippen molar-refractivity contribution in [2.24, 2.45) is 6.98 Å². The topological polar surface area (TPSA) is 94.0 Å². The zero-order chi connectivity index (χ0) is 22.3. The van der Waals surface area contributed by atoms with Gasteiger partial charge in [-0.15, -0.1) is 0 Å². The molecule has 1 aliphatic rings. The van der Waals surface area contributed by atoms with Gasteiger partial charge in [-0.3, -0.25) is 9.48 Å². The van der Waals surface area contributed by atoms with Gasteiger partial charge in [0.1, 0.15) is 22.6 Å². The molecule has 3 rings (SSSR count). The third-order valence-electron chi connectivity index (χ3n) is 4.24. The van der Waals surface area contributed by atoms with Crippen LogP contribution >= 0.6 is 0 Å². The SMILES string of the molecule is [2H]C([2H])([2H])n1nc(C2(C)CCOC2=O)cc1Nc1ncc(C(F)(F)F)c(NCC)n1. The molecule has 0 spiro atoms. The van der Waals surface area contributed by atoms with Crippen molar-refractivity contribution >= 4 is 23.6 Å². The maximum atomic E-state index is 13.1. The summed E-state index contributed by atoms with van der Waals surface area (Å²) in [5.74, 6) is -1.36. The third kappa shape index (κ3) is 3.53. The van der Waals surface area contributed by atoms with Crippen LogP contribution in [-0.4, -0.2) is 38.9 Å². The molecule has 146 valence electrons. The van der Waals surface area contributed by atoms with Crippen LogP contribution in [0.1, 0.15) is 35.6 Å². The van der Waals surface area contributed by atoms with Gasteiger partial charge in [0, 0.05) is 36.3 Å². The molecule has 2 aromatic rings. The fraction of sp³-hybridized carbons (Fsp3) is 0.500. The van der Waals surface area contributed by atoms with Crippen molar-refractivity contribution in [1.82, 2.24) is 19.7 Å². The summed E-state index contributed by atoms with van der Waals surface area (Å²) >= 11 is 0. The minimum Gasteiger partial charge on any atom is -0.465 e. The third-order valence-corrected chi connectivity index (χ3v) is 4.24. The lowest BCUT2D eigenvalue weighted by molar-refractivity contribution is -0.142. The van der Waals surface area contributed by atoms with Gasteiger partial charge >= 0.3 is 12.1 Å². The number of esters is 1. The van der Waals surface area contributed by atoms with E-state index in [2.05, 4.69) is 25.7 Å². The molecule has 2 N–H and O–H groups in total. The highest BCUT2D eigenvalue weighted by Crippen LogP contribution is 2.36. The smallest absolute Gasteiger partial charge is 0.421 e. The van der Waals surface area contributed by atoms with Crippen LogP contribution in [0.4, 0.5) is 30.8 Å². The molecule has 11 heteroatoms. The Hall–Kier alpha value is -2.85. The lowest BCUT2D eigenvalue weighted by Crippen LogP contribution is -2.28. The van der Waals surface area contributed by atoms with Gasteiger partial charge in [-0.1, -0.05) is 0 Å². The molecule has 27 heavy (non-hydrogen) atoms. The molecule has 0 saturated carbocycles. The zero-order valence-corrected chi connectivity index (χ0v) is 14.5. The Bertz CT molecular complexity index is 963. The van der Waals surface area contributed by atoms with Crippen molar-refractivity contribution < 1.29 is 26.8 Å². The highest BCUT2D eigenvalue weighted by atomic mass is 19.4. The van der Waals surface area contributed by atoms with Crippen LogP contribution in [0.2, 0.25) is 0 Å². The fourth-order valence-corrected chi connectivity index (χ4v) is 2.65. The molecule has 1 aliphatic heterocycles. The van der Waals surface area contributed by atoms with Gasteiger partial charge < -0.3 is 15.4 Å². The van der Waals surface area contributed by atoms with Crippen molar-refractivity contribution in [1.29, 1.82) is 0 Å². The van der Waals surface area contributed by atoms with E-state index in [9.17, 15) is 18.0 Å². The van der Waals surface area contributed by atoms with Crippen molar-refractivity contribution in [2.45, 2.75) is 31.9 Å². The van der Waals surface area contributed by atoms with Crippen LogP contribution in [0.3, 0.4) is 0 Å². The van der Waals surface area contributed by atoms with Crippen LogP contribution in [0.25, 0.3) is 0 Å². The summed E-state index contributed by atoms with van der Waals surface area (Å²) in [6.45, 7) is 0.808. The predicted octanol–water partition coefficient (Wildman–Crippen LogP) is 2.61. The van der Waals surface area contributed by atoms with Gasteiger partial charge in [0.25, 0.3) is 0 Å². The maximum Gasteiger partial charge on any atom is 0.421 e. The number of carbonyl (C=O) groups is 1. The van der Waals surface area contributed by atoms with Gasteiger partial charge in [-0.2, -0.15) is 23.3 Å². The van der Waals surface area contributed by atoms with E-state index >= 15 is 0 Å². The number of alkyl halides is 3. The minimum atomic E-state index is -4.67. The first-order chi connectivity index (χ1) is 13.9. The van der Waals surface area contributed by atoms with Crippen LogP contribution in [-0.2, 0) is 28.1 Å². The zero-order valence-electron chi connectivity index (χ0n) is 17.5. The number of halogens is 3. The van der Waals surface area contributed by atoms with Gasteiger partial charge in [0.2, 0.25) is 5.95 Å². The van der Waals surface area contributed by atoms with Crippen LogP contribution in [0, 0.1) is 0 Å². The number of aryl methyl sites for hydroxylation is 1. The molecule has 0 radical (unpaired) electrons. The molecule has 0 aliphatic carbocycles. The Labute approximate surface area is 157 Å². The molecule has 0 bridgehead atoms. The second-order valence-corrected chi connectivity index (χ2v) is 6.15. The fourth-order valence-electron chi connectivity index (χ4n) is 2.65. The van der Waals surface area contributed by atoms with Crippen LogP contribution in [0.15, 0.2) is 12.3 Å². The van der Waals surface area contributed by atoms with E-state index < -0.39 is 35.9 Å².